The van der Waals surface area contributed by atoms with E-state index in [-0.39, 0.29) is 23.0 Å². The van der Waals surface area contributed by atoms with Crippen molar-refractivity contribution in [2.75, 3.05) is 49.4 Å². The molecule has 2 heterocycles. The van der Waals surface area contributed by atoms with Crippen LogP contribution in [0.15, 0.2) is 42.7 Å². The minimum Gasteiger partial charge on any atom is -0.395 e. The van der Waals surface area contributed by atoms with Crippen LogP contribution in [0.25, 0.3) is 5.69 Å². The first-order chi connectivity index (χ1) is 17.5. The maximum atomic E-state index is 13.6. The van der Waals surface area contributed by atoms with Gasteiger partial charge in [-0.25, -0.2) is 13.5 Å². The van der Waals surface area contributed by atoms with Crippen LogP contribution in [0.4, 0.5) is 26.1 Å². The van der Waals surface area contributed by atoms with Gasteiger partial charge in [-0.2, -0.15) is 4.98 Å². The Kier molecular flexibility index (Phi) is 3.68. The van der Waals surface area contributed by atoms with Crippen molar-refractivity contribution in [1.29, 1.82) is 0 Å². The Morgan fingerprint density at radius 1 is 1.03 bits per heavy atom. The lowest BCUT2D eigenvalue weighted by Crippen LogP contribution is -2.47. The number of hydrogen-bond acceptors (Lipinski definition) is 6. The molecule has 0 saturated carbocycles. The molecule has 2 N–H and O–H groups in total. The van der Waals surface area contributed by atoms with Crippen LogP contribution in [0.2, 0.25) is 0 Å². The normalized spacial score (nSPS) is 25.5. The monoisotopic (exact) mass is 422 g/mol. The second-order valence-electron chi connectivity index (χ2n) is 6.48. The van der Waals surface area contributed by atoms with E-state index in [1.54, 1.807) is 13.0 Å². The quantitative estimate of drug-likeness (QED) is 0.637. The minimum atomic E-state index is -3.09. The molecular weight excluding hydrogens is 390 g/mol. The highest BCUT2D eigenvalue weighted by Gasteiger charge is 2.17. The van der Waals surface area contributed by atoms with E-state index in [0.29, 0.717) is 21.4 Å². The van der Waals surface area contributed by atoms with Crippen molar-refractivity contribution in [3.8, 4) is 5.69 Å². The second-order valence-corrected chi connectivity index (χ2v) is 6.48. The first-order valence-corrected chi connectivity index (χ1v) is 8.98. The first-order valence-electron chi connectivity index (χ1n) is 13.0. The van der Waals surface area contributed by atoms with E-state index < -0.39 is 50.8 Å². The fraction of sp³-hybridized carbons (Fsp3) is 0.333. The Bertz CT molecular complexity index is 1310. The van der Waals surface area contributed by atoms with Gasteiger partial charge in [0.25, 0.3) is 0 Å². The summed E-state index contributed by atoms with van der Waals surface area (Å²) in [6.07, 6.45) is 1.20. The molecule has 158 valence electrons. The van der Waals surface area contributed by atoms with Crippen LogP contribution in [0, 0.1) is 18.6 Å². The van der Waals surface area contributed by atoms with E-state index in [9.17, 15) is 13.9 Å². The Morgan fingerprint density at radius 2 is 1.77 bits per heavy atom. The van der Waals surface area contributed by atoms with Crippen molar-refractivity contribution in [2.24, 2.45) is 0 Å². The van der Waals surface area contributed by atoms with Crippen LogP contribution < -0.4 is 10.2 Å². The summed E-state index contributed by atoms with van der Waals surface area (Å²) in [6, 6.07) is 7.04. The Morgan fingerprint density at radius 3 is 2.47 bits per heavy atom. The third-order valence-corrected chi connectivity index (χ3v) is 4.10. The maximum absolute atomic E-state index is 13.6. The summed E-state index contributed by atoms with van der Waals surface area (Å²) >= 11 is 0. The van der Waals surface area contributed by atoms with Crippen LogP contribution in [-0.4, -0.2) is 63.9 Å². The fourth-order valence-corrected chi connectivity index (χ4v) is 2.83. The second kappa shape index (κ2) is 8.76. The molecule has 30 heavy (non-hydrogen) atoms. The topological polar surface area (TPSA) is 69.5 Å². The number of benzene rings is 2. The molecule has 0 atom stereocenters. The average Bonchev–Trinajstić information content (AvgIpc) is 3.23. The lowest BCUT2D eigenvalue weighted by Gasteiger charge is -2.36. The van der Waals surface area contributed by atoms with Crippen molar-refractivity contribution >= 4 is 17.3 Å². The summed E-state index contributed by atoms with van der Waals surface area (Å²) in [6.45, 7) is -12.0. The first kappa shape index (κ1) is 12.6. The minimum absolute atomic E-state index is 0.0179. The molecule has 1 aliphatic heterocycles. The molecule has 1 aliphatic rings. The lowest BCUT2D eigenvalue weighted by atomic mass is 10.1. The van der Waals surface area contributed by atoms with Crippen LogP contribution in [0.1, 0.15) is 16.5 Å². The predicted molar refractivity (Wildman–Crippen MR) is 111 cm³/mol. The van der Waals surface area contributed by atoms with E-state index in [4.69, 9.17) is 11.0 Å². The molecule has 0 aliphatic carbocycles. The van der Waals surface area contributed by atoms with Gasteiger partial charge in [-0.05, 0) is 42.8 Å². The highest BCUT2D eigenvalue weighted by Crippen LogP contribution is 2.25. The SMILES string of the molecule is [2H]C1([2H])N(CCO)C([2H])([2H])C([2H])([2H])N(c2cc(C)cc(Nc3ncn(-c4cc(F)cc(F)c4)n3)c2)C1([2H])[2H]. The number of piperazine rings is 1. The molecule has 0 spiro atoms. The lowest BCUT2D eigenvalue weighted by molar-refractivity contribution is 0.189. The third kappa shape index (κ3) is 4.74. The maximum Gasteiger partial charge on any atom is 0.246 e. The zero-order valence-electron chi connectivity index (χ0n) is 23.9. The van der Waals surface area contributed by atoms with Crippen molar-refractivity contribution < 1.29 is 24.9 Å². The predicted octanol–water partition coefficient (Wildman–Crippen LogP) is 2.71. The summed E-state index contributed by atoms with van der Waals surface area (Å²) < 4.78 is 95.9. The van der Waals surface area contributed by atoms with E-state index in [2.05, 4.69) is 15.4 Å². The number of nitrogens with one attached hydrogen (secondary N) is 1. The van der Waals surface area contributed by atoms with Gasteiger partial charge in [-0.1, -0.05) is 0 Å². The molecular formula is C21H24F2N6O. The molecule has 0 amide bonds. The number of aryl methyl sites for hydroxylation is 1. The van der Waals surface area contributed by atoms with Gasteiger partial charge in [0.15, 0.2) is 0 Å². The number of β-amino-alcohol motifs (C(OH)–C–C–N with tert-alkyl or cyclic N) is 1. The number of aliphatic hydroxyl groups is 1. The van der Waals surface area contributed by atoms with Gasteiger partial charge in [-0.3, -0.25) is 4.90 Å². The third-order valence-electron chi connectivity index (χ3n) is 4.10. The molecule has 3 aromatic rings. The molecule has 4 rings (SSSR count). The number of anilines is 3. The van der Waals surface area contributed by atoms with Gasteiger partial charge in [0.1, 0.15) is 18.0 Å². The van der Waals surface area contributed by atoms with Gasteiger partial charge in [0.05, 0.1) is 17.8 Å². The average molecular weight is 423 g/mol. The highest BCUT2D eigenvalue weighted by molar-refractivity contribution is 5.64. The Balaban J connectivity index is 1.73. The zero-order valence-corrected chi connectivity index (χ0v) is 15.9. The standard InChI is InChI=1S/C21H24F2N6O/c1-15-8-18(13-19(9-15)28-4-2-27(3-5-28)6-7-30)25-21-24-14-29(26-21)20-11-16(22)10-17(23)12-20/h8-14,30H,2-7H2,1H3,(H,25,26)/i2D2,3D2,4D2,5D2. The molecule has 7 nitrogen and oxygen atoms in total. The van der Waals surface area contributed by atoms with Gasteiger partial charge < -0.3 is 15.3 Å². The van der Waals surface area contributed by atoms with E-state index >= 15 is 0 Å². The van der Waals surface area contributed by atoms with E-state index in [1.165, 1.54) is 18.5 Å². The summed E-state index contributed by atoms with van der Waals surface area (Å²) in [5.41, 5.74) is 0.612. The Labute approximate surface area is 184 Å². The van der Waals surface area contributed by atoms with E-state index in [1.807, 2.05) is 0 Å². The Hall–Kier alpha value is -3.04. The molecule has 1 aromatic heterocycles. The van der Waals surface area contributed by atoms with Crippen LogP contribution in [0.3, 0.4) is 0 Å². The molecule has 0 unspecified atom stereocenters. The fourth-order valence-electron chi connectivity index (χ4n) is 2.83. The van der Waals surface area contributed by atoms with Gasteiger partial charge in [-0.15, -0.1) is 5.10 Å². The molecule has 2 aromatic carbocycles. The summed E-state index contributed by atoms with van der Waals surface area (Å²) in [4.78, 5) is 4.79. The number of rotatable bonds is 6. The summed E-state index contributed by atoms with van der Waals surface area (Å²) in [5.74, 6) is -1.64. The smallest absolute Gasteiger partial charge is 0.246 e. The molecule has 1 fully saturated rings. The van der Waals surface area contributed by atoms with Crippen LogP contribution >= 0.6 is 0 Å². The molecule has 0 radical (unpaired) electrons. The van der Waals surface area contributed by atoms with Crippen molar-refractivity contribution in [3.05, 3.63) is 59.9 Å². The van der Waals surface area contributed by atoms with Crippen LogP contribution in [0.5, 0.6) is 0 Å². The van der Waals surface area contributed by atoms with Crippen molar-refractivity contribution in [1.82, 2.24) is 19.7 Å². The highest BCUT2D eigenvalue weighted by atomic mass is 19.1. The number of nitrogens with zero attached hydrogens (tertiary/aromatic N) is 5. The number of halogens is 2. The van der Waals surface area contributed by atoms with Gasteiger partial charge >= 0.3 is 0 Å². The number of aromatic nitrogens is 3. The molecule has 9 heteroatoms. The number of hydrogen-bond donors (Lipinski definition) is 2. The summed E-state index contributed by atoms with van der Waals surface area (Å²) in [5, 5.41) is 16.3. The van der Waals surface area contributed by atoms with Gasteiger partial charge in [0, 0.05) is 55.5 Å². The molecule has 1 saturated heterocycles. The van der Waals surface area contributed by atoms with Crippen LogP contribution in [-0.2, 0) is 0 Å². The largest absolute Gasteiger partial charge is 0.395 e. The summed E-state index contributed by atoms with van der Waals surface area (Å²) in [7, 11) is 0. The van der Waals surface area contributed by atoms with Gasteiger partial charge in [0.2, 0.25) is 5.95 Å². The number of aliphatic hydroxyl groups excluding tert-OH is 1. The van der Waals surface area contributed by atoms with E-state index in [0.717, 1.165) is 16.8 Å². The molecule has 0 bridgehead atoms. The van der Waals surface area contributed by atoms with Crippen molar-refractivity contribution in [2.45, 2.75) is 6.92 Å². The van der Waals surface area contributed by atoms with Crippen molar-refractivity contribution in [3.63, 3.8) is 0 Å². The zero-order chi connectivity index (χ0) is 28.3.